The third-order valence-electron chi connectivity index (χ3n) is 5.36. The van der Waals surface area contributed by atoms with E-state index in [1.807, 2.05) is 33.0 Å². The van der Waals surface area contributed by atoms with Crippen molar-refractivity contribution in [1.29, 1.82) is 0 Å². The molecule has 2 atom stereocenters. The van der Waals surface area contributed by atoms with Gasteiger partial charge in [0.15, 0.2) is 0 Å². The van der Waals surface area contributed by atoms with Gasteiger partial charge < -0.3 is 20.1 Å². The first-order chi connectivity index (χ1) is 13.3. The molecule has 0 aliphatic carbocycles. The first-order valence-electron chi connectivity index (χ1n) is 9.79. The Morgan fingerprint density at radius 2 is 1.83 bits per heavy atom. The molecular weight excluding hydrogens is 388 g/mol. The number of hydrogen-bond acceptors (Lipinski definition) is 4. The van der Waals surface area contributed by atoms with Gasteiger partial charge in [-0.15, -0.1) is 12.4 Å². The number of rotatable bonds is 6. The lowest BCUT2D eigenvalue weighted by atomic mass is 10.0. The average Bonchev–Trinajstić information content (AvgIpc) is 3.08. The molecule has 2 aromatic carbocycles. The summed E-state index contributed by atoms with van der Waals surface area (Å²) in [6.45, 7) is 7.73. The summed E-state index contributed by atoms with van der Waals surface area (Å²) in [6, 6.07) is 12.1. The maximum Gasteiger partial charge on any atom is 0.239 e. The number of ether oxygens (including phenoxy) is 1. The molecule has 3 rings (SSSR count). The smallest absolute Gasteiger partial charge is 0.239 e. The third-order valence-corrected chi connectivity index (χ3v) is 5.36. The molecule has 0 spiro atoms. The van der Waals surface area contributed by atoms with E-state index in [4.69, 9.17) is 4.74 Å². The van der Waals surface area contributed by atoms with Crippen LogP contribution in [0.3, 0.4) is 0 Å². The highest BCUT2D eigenvalue weighted by atomic mass is 35.5. The Labute approximate surface area is 179 Å². The van der Waals surface area contributed by atoms with Gasteiger partial charge in [0.25, 0.3) is 0 Å². The molecule has 2 N–H and O–H groups in total. The van der Waals surface area contributed by atoms with Crippen molar-refractivity contribution < 1.29 is 14.6 Å². The molecule has 0 saturated carbocycles. The topological polar surface area (TPSA) is 61.8 Å². The maximum atomic E-state index is 12.6. The fourth-order valence-corrected chi connectivity index (χ4v) is 3.80. The van der Waals surface area contributed by atoms with Crippen LogP contribution in [0.4, 0.5) is 0 Å². The van der Waals surface area contributed by atoms with Crippen LogP contribution in [0.1, 0.15) is 34.2 Å². The van der Waals surface area contributed by atoms with Gasteiger partial charge in [0.1, 0.15) is 12.4 Å². The van der Waals surface area contributed by atoms with Crippen LogP contribution < -0.4 is 10.1 Å². The molecular formula is C23H31ClN2O3. The van der Waals surface area contributed by atoms with Crippen molar-refractivity contribution in [2.75, 3.05) is 13.6 Å². The molecule has 1 aliphatic rings. The molecule has 29 heavy (non-hydrogen) atoms. The summed E-state index contributed by atoms with van der Waals surface area (Å²) in [6.07, 6.45) is 0.0453. The molecule has 158 valence electrons. The molecule has 0 bridgehead atoms. The van der Waals surface area contributed by atoms with Gasteiger partial charge in [0.2, 0.25) is 5.91 Å². The number of benzene rings is 2. The van der Waals surface area contributed by atoms with Crippen molar-refractivity contribution in [2.45, 2.75) is 52.5 Å². The van der Waals surface area contributed by atoms with Crippen LogP contribution in [-0.2, 0) is 17.9 Å². The second-order valence-corrected chi connectivity index (χ2v) is 7.82. The molecule has 0 radical (unpaired) electrons. The zero-order chi connectivity index (χ0) is 20.3. The minimum atomic E-state index is -0.434. The largest absolute Gasteiger partial charge is 0.488 e. The summed E-state index contributed by atoms with van der Waals surface area (Å²) in [5.41, 5.74) is 5.62. The van der Waals surface area contributed by atoms with Gasteiger partial charge in [0, 0.05) is 20.1 Å². The highest BCUT2D eigenvalue weighted by Crippen LogP contribution is 2.27. The fraction of sp³-hybridized carbons (Fsp3) is 0.435. The number of likely N-dealkylation sites (N-methyl/N-ethyl adjacent to an activating group) is 1. The van der Waals surface area contributed by atoms with Crippen molar-refractivity contribution in [3.63, 3.8) is 0 Å². The molecule has 1 aliphatic heterocycles. The van der Waals surface area contributed by atoms with E-state index in [0.29, 0.717) is 26.1 Å². The zero-order valence-electron chi connectivity index (χ0n) is 17.6. The van der Waals surface area contributed by atoms with E-state index >= 15 is 0 Å². The number of amides is 1. The normalized spacial score (nSPS) is 18.2. The Morgan fingerprint density at radius 3 is 2.41 bits per heavy atom. The number of β-amino-alcohol motifs (C(OH)–C–C–N with tert-alkyl or cyclic N) is 1. The fourth-order valence-electron chi connectivity index (χ4n) is 3.80. The summed E-state index contributed by atoms with van der Waals surface area (Å²) >= 11 is 0. The lowest BCUT2D eigenvalue weighted by molar-refractivity contribution is -0.132. The Bertz CT molecular complexity index is 833. The van der Waals surface area contributed by atoms with E-state index < -0.39 is 6.10 Å². The molecule has 6 heteroatoms. The highest BCUT2D eigenvalue weighted by Gasteiger charge is 2.30. The van der Waals surface area contributed by atoms with Gasteiger partial charge in [-0.05, 0) is 55.0 Å². The summed E-state index contributed by atoms with van der Waals surface area (Å²) in [4.78, 5) is 14.3. The minimum Gasteiger partial charge on any atom is -0.488 e. The van der Waals surface area contributed by atoms with Crippen molar-refractivity contribution in [3.8, 4) is 5.75 Å². The number of aryl methyl sites for hydroxylation is 3. The lowest BCUT2D eigenvalue weighted by Gasteiger charge is -2.22. The monoisotopic (exact) mass is 418 g/mol. The van der Waals surface area contributed by atoms with Crippen molar-refractivity contribution in [1.82, 2.24) is 10.2 Å². The maximum absolute atomic E-state index is 12.6. The number of hydrogen-bond donors (Lipinski definition) is 2. The molecule has 2 aromatic rings. The number of carbonyl (C=O) groups is 1. The first-order valence-corrected chi connectivity index (χ1v) is 9.79. The number of carbonyl (C=O) groups excluding carboxylic acids is 1. The van der Waals surface area contributed by atoms with Gasteiger partial charge in [-0.25, -0.2) is 0 Å². The van der Waals surface area contributed by atoms with Crippen molar-refractivity contribution >= 4 is 18.3 Å². The average molecular weight is 419 g/mol. The van der Waals surface area contributed by atoms with E-state index in [9.17, 15) is 9.90 Å². The lowest BCUT2D eigenvalue weighted by Crippen LogP contribution is -2.41. The summed E-state index contributed by atoms with van der Waals surface area (Å²) in [5.74, 6) is 0.924. The Balaban J connectivity index is 0.00000300. The van der Waals surface area contributed by atoms with E-state index in [1.165, 1.54) is 11.1 Å². The SMILES string of the molecule is Cc1ccccc1COc1c(C)cc(CN(C)C(=O)C2CC(O)CN2)cc1C.Cl. The summed E-state index contributed by atoms with van der Waals surface area (Å²) in [7, 11) is 1.81. The number of nitrogens with zero attached hydrogens (tertiary/aromatic N) is 1. The third kappa shape index (κ3) is 5.72. The number of aliphatic hydroxyl groups is 1. The second-order valence-electron chi connectivity index (χ2n) is 7.82. The predicted octanol–water partition coefficient (Wildman–Crippen LogP) is 3.29. The first kappa shape index (κ1) is 23.2. The highest BCUT2D eigenvalue weighted by molar-refractivity contribution is 5.85. The van der Waals surface area contributed by atoms with Gasteiger partial charge in [-0.3, -0.25) is 4.79 Å². The van der Waals surface area contributed by atoms with E-state index in [-0.39, 0.29) is 24.4 Å². The van der Waals surface area contributed by atoms with Crippen LogP contribution in [0.15, 0.2) is 36.4 Å². The quantitative estimate of drug-likeness (QED) is 0.755. The van der Waals surface area contributed by atoms with Crippen LogP contribution in [0.2, 0.25) is 0 Å². The summed E-state index contributed by atoms with van der Waals surface area (Å²) in [5, 5.41) is 12.7. The predicted molar refractivity (Wildman–Crippen MR) is 118 cm³/mol. The number of aliphatic hydroxyl groups excluding tert-OH is 1. The number of nitrogens with one attached hydrogen (secondary N) is 1. The minimum absolute atomic E-state index is 0. The molecule has 5 nitrogen and oxygen atoms in total. The van der Waals surface area contributed by atoms with Gasteiger partial charge >= 0.3 is 0 Å². The zero-order valence-corrected chi connectivity index (χ0v) is 18.4. The van der Waals surface area contributed by atoms with Gasteiger partial charge in [-0.2, -0.15) is 0 Å². The van der Waals surface area contributed by atoms with Gasteiger partial charge in [-0.1, -0.05) is 36.4 Å². The van der Waals surface area contributed by atoms with Gasteiger partial charge in [0.05, 0.1) is 12.1 Å². The van der Waals surface area contributed by atoms with E-state index in [0.717, 1.165) is 22.4 Å². The van der Waals surface area contributed by atoms with Crippen LogP contribution in [0.5, 0.6) is 5.75 Å². The molecule has 1 saturated heterocycles. The Hall–Kier alpha value is -2.08. The molecule has 1 heterocycles. The molecule has 1 fully saturated rings. The summed E-state index contributed by atoms with van der Waals surface area (Å²) < 4.78 is 6.12. The number of halogens is 1. The van der Waals surface area contributed by atoms with Crippen LogP contribution in [0.25, 0.3) is 0 Å². The van der Waals surface area contributed by atoms with Crippen LogP contribution >= 0.6 is 12.4 Å². The molecule has 2 unspecified atom stereocenters. The Morgan fingerprint density at radius 1 is 1.17 bits per heavy atom. The molecule has 0 aromatic heterocycles. The van der Waals surface area contributed by atoms with E-state index in [1.54, 1.807) is 4.90 Å². The van der Waals surface area contributed by atoms with E-state index in [2.05, 4.69) is 36.5 Å². The second kappa shape index (κ2) is 10.1. The molecule has 1 amide bonds. The standard InChI is InChI=1S/C23H30N2O3.ClH/c1-15-7-5-6-8-19(15)14-28-22-16(2)9-18(10-17(22)3)13-25(4)23(27)21-11-20(26)12-24-21;/h5-10,20-21,24,26H,11-14H2,1-4H3;1H. The van der Waals surface area contributed by atoms with Crippen molar-refractivity contribution in [3.05, 3.63) is 64.2 Å². The Kier molecular flexibility index (Phi) is 8.08. The van der Waals surface area contributed by atoms with Crippen LogP contribution in [0, 0.1) is 20.8 Å². The van der Waals surface area contributed by atoms with Crippen LogP contribution in [-0.4, -0.2) is 41.7 Å². The van der Waals surface area contributed by atoms with Crippen molar-refractivity contribution in [2.24, 2.45) is 0 Å².